The van der Waals surface area contributed by atoms with Crippen molar-refractivity contribution in [2.75, 3.05) is 13.7 Å². The lowest BCUT2D eigenvalue weighted by molar-refractivity contribution is -0.131. The first-order valence-corrected chi connectivity index (χ1v) is 8.29. The maximum atomic E-state index is 13.8. The van der Waals surface area contributed by atoms with Gasteiger partial charge in [-0.15, -0.1) is 11.3 Å². The first-order chi connectivity index (χ1) is 11.5. The summed E-state index contributed by atoms with van der Waals surface area (Å²) in [6, 6.07) is 4.62. The van der Waals surface area contributed by atoms with E-state index in [0.29, 0.717) is 24.4 Å². The van der Waals surface area contributed by atoms with Crippen LogP contribution in [0.2, 0.25) is 0 Å². The van der Waals surface area contributed by atoms with E-state index in [1.165, 1.54) is 36.0 Å². The molecule has 0 radical (unpaired) electrons. The molecule has 24 heavy (non-hydrogen) atoms. The summed E-state index contributed by atoms with van der Waals surface area (Å²) in [5.41, 5.74) is 1.97. The molecule has 0 saturated heterocycles. The minimum Gasteiger partial charge on any atom is -0.494 e. The minimum absolute atomic E-state index is 0.0873. The lowest BCUT2D eigenvalue weighted by Crippen LogP contribution is -2.36. The predicted octanol–water partition coefficient (Wildman–Crippen LogP) is 2.72. The lowest BCUT2D eigenvalue weighted by Gasteiger charge is -2.29. The Hall–Kier alpha value is -2.41. The van der Waals surface area contributed by atoms with Crippen LogP contribution >= 0.6 is 11.3 Å². The van der Waals surface area contributed by atoms with Gasteiger partial charge in [-0.05, 0) is 35.7 Å². The molecular formula is C17H16FNO4S. The zero-order valence-electron chi connectivity index (χ0n) is 13.0. The fraction of sp³-hybridized carbons (Fsp3) is 0.294. The van der Waals surface area contributed by atoms with Crippen molar-refractivity contribution in [1.82, 2.24) is 4.90 Å². The van der Waals surface area contributed by atoms with Gasteiger partial charge in [-0.2, -0.15) is 0 Å². The molecule has 0 atom stereocenters. The van der Waals surface area contributed by atoms with E-state index in [1.54, 1.807) is 11.0 Å². The number of aromatic carboxylic acids is 1. The molecule has 1 aromatic carbocycles. The predicted molar refractivity (Wildman–Crippen MR) is 87.1 cm³/mol. The van der Waals surface area contributed by atoms with Crippen molar-refractivity contribution in [1.29, 1.82) is 0 Å². The van der Waals surface area contributed by atoms with Crippen LogP contribution in [0.25, 0.3) is 0 Å². The summed E-state index contributed by atoms with van der Waals surface area (Å²) in [6.45, 7) is 0.907. The molecule has 1 aliphatic heterocycles. The van der Waals surface area contributed by atoms with Crippen LogP contribution in [0.15, 0.2) is 23.6 Å². The number of hydrogen-bond acceptors (Lipinski definition) is 4. The van der Waals surface area contributed by atoms with Crippen LogP contribution in [-0.2, 0) is 24.2 Å². The first-order valence-electron chi connectivity index (χ1n) is 7.41. The van der Waals surface area contributed by atoms with Gasteiger partial charge < -0.3 is 14.7 Å². The van der Waals surface area contributed by atoms with Crippen molar-refractivity contribution >= 4 is 23.2 Å². The van der Waals surface area contributed by atoms with Gasteiger partial charge in [0, 0.05) is 23.3 Å². The van der Waals surface area contributed by atoms with E-state index >= 15 is 0 Å². The highest BCUT2D eigenvalue weighted by atomic mass is 32.1. The molecule has 0 unspecified atom stereocenters. The Kier molecular flexibility index (Phi) is 4.53. The van der Waals surface area contributed by atoms with Crippen LogP contribution in [-0.4, -0.2) is 35.5 Å². The fourth-order valence-corrected chi connectivity index (χ4v) is 3.62. The number of nitrogens with zero attached hydrogens (tertiary/aromatic N) is 1. The average molecular weight is 349 g/mol. The van der Waals surface area contributed by atoms with Gasteiger partial charge in [0.2, 0.25) is 5.91 Å². The van der Waals surface area contributed by atoms with Crippen LogP contribution in [0, 0.1) is 5.82 Å². The van der Waals surface area contributed by atoms with Crippen LogP contribution in [0.4, 0.5) is 4.39 Å². The minimum atomic E-state index is -0.999. The second kappa shape index (κ2) is 6.60. The number of fused-ring (bicyclic) bond motifs is 1. The van der Waals surface area contributed by atoms with E-state index in [-0.39, 0.29) is 23.6 Å². The van der Waals surface area contributed by atoms with Gasteiger partial charge in [-0.25, -0.2) is 9.18 Å². The lowest BCUT2D eigenvalue weighted by atomic mass is 9.98. The van der Waals surface area contributed by atoms with E-state index in [0.717, 1.165) is 11.1 Å². The van der Waals surface area contributed by atoms with Gasteiger partial charge in [-0.1, -0.05) is 0 Å². The topological polar surface area (TPSA) is 66.8 Å². The number of ether oxygens (including phenoxy) is 1. The molecular weight excluding hydrogens is 333 g/mol. The molecule has 5 nitrogen and oxygen atoms in total. The third kappa shape index (κ3) is 3.26. The molecule has 0 spiro atoms. The average Bonchev–Trinajstić information content (AvgIpc) is 3.02. The van der Waals surface area contributed by atoms with Crippen molar-refractivity contribution in [3.63, 3.8) is 0 Å². The number of hydrogen-bond donors (Lipinski definition) is 1. The number of halogens is 1. The summed E-state index contributed by atoms with van der Waals surface area (Å²) in [4.78, 5) is 25.7. The number of carbonyl (C=O) groups excluding carboxylic acids is 1. The van der Waals surface area contributed by atoms with Gasteiger partial charge >= 0.3 is 5.97 Å². The molecule has 0 fully saturated rings. The number of methoxy groups -OCH3 is 1. The SMILES string of the molecule is COc1cc2c(cc1F)CN(C(=O)Cc1cc(C(=O)O)cs1)CC2. The van der Waals surface area contributed by atoms with Crippen molar-refractivity contribution in [3.05, 3.63) is 51.0 Å². The highest BCUT2D eigenvalue weighted by Crippen LogP contribution is 2.27. The van der Waals surface area contributed by atoms with Crippen molar-refractivity contribution in [3.8, 4) is 5.75 Å². The van der Waals surface area contributed by atoms with E-state index in [4.69, 9.17) is 9.84 Å². The standard InChI is InChI=1S/C17H16FNO4S/c1-23-15-6-10-2-3-19(8-11(10)5-14(15)18)16(20)7-13-4-12(9-24-13)17(21)22/h4-6,9H,2-3,7-8H2,1H3,(H,21,22). The number of carboxylic acids is 1. The van der Waals surface area contributed by atoms with E-state index in [9.17, 15) is 14.0 Å². The third-order valence-corrected chi connectivity index (χ3v) is 5.00. The van der Waals surface area contributed by atoms with E-state index in [2.05, 4.69) is 0 Å². The number of thiophene rings is 1. The van der Waals surface area contributed by atoms with Gasteiger partial charge in [0.1, 0.15) is 0 Å². The Morgan fingerprint density at radius 3 is 2.79 bits per heavy atom. The number of carbonyl (C=O) groups is 2. The molecule has 0 bridgehead atoms. The molecule has 1 aromatic heterocycles. The molecule has 2 heterocycles. The smallest absolute Gasteiger partial charge is 0.336 e. The first kappa shape index (κ1) is 16.4. The number of carboxylic acid groups (broad SMARTS) is 1. The number of amides is 1. The highest BCUT2D eigenvalue weighted by molar-refractivity contribution is 7.10. The van der Waals surface area contributed by atoms with Crippen LogP contribution in [0.5, 0.6) is 5.75 Å². The highest BCUT2D eigenvalue weighted by Gasteiger charge is 2.23. The Morgan fingerprint density at radius 1 is 1.33 bits per heavy atom. The molecule has 126 valence electrons. The van der Waals surface area contributed by atoms with Crippen LogP contribution < -0.4 is 4.74 Å². The second-order valence-electron chi connectivity index (χ2n) is 5.60. The van der Waals surface area contributed by atoms with Gasteiger partial charge in [-0.3, -0.25) is 4.79 Å². The zero-order valence-corrected chi connectivity index (χ0v) is 13.9. The quantitative estimate of drug-likeness (QED) is 0.922. The molecule has 3 rings (SSSR count). The molecule has 0 aliphatic carbocycles. The molecule has 1 amide bonds. The Balaban J connectivity index is 1.71. The number of rotatable bonds is 4. The van der Waals surface area contributed by atoms with Crippen LogP contribution in [0.1, 0.15) is 26.4 Å². The molecule has 7 heteroatoms. The summed E-state index contributed by atoms with van der Waals surface area (Å²) in [5.74, 6) is -1.31. The largest absolute Gasteiger partial charge is 0.494 e. The monoisotopic (exact) mass is 349 g/mol. The van der Waals surface area contributed by atoms with Crippen LogP contribution in [0.3, 0.4) is 0 Å². The maximum Gasteiger partial charge on any atom is 0.336 e. The van der Waals surface area contributed by atoms with Gasteiger partial charge in [0.05, 0.1) is 19.1 Å². The Labute approximate surface area is 142 Å². The van der Waals surface area contributed by atoms with Crippen molar-refractivity contribution in [2.24, 2.45) is 0 Å². The zero-order chi connectivity index (χ0) is 17.3. The fourth-order valence-electron chi connectivity index (χ4n) is 2.77. The summed E-state index contributed by atoms with van der Waals surface area (Å²) < 4.78 is 18.8. The summed E-state index contributed by atoms with van der Waals surface area (Å²) in [5, 5.41) is 10.5. The molecule has 2 aromatic rings. The number of benzene rings is 1. The van der Waals surface area contributed by atoms with Gasteiger partial charge in [0.25, 0.3) is 0 Å². The van der Waals surface area contributed by atoms with Crippen molar-refractivity contribution in [2.45, 2.75) is 19.4 Å². The second-order valence-corrected chi connectivity index (χ2v) is 6.60. The third-order valence-electron chi connectivity index (χ3n) is 4.07. The molecule has 1 aliphatic rings. The maximum absolute atomic E-state index is 13.8. The Morgan fingerprint density at radius 2 is 2.12 bits per heavy atom. The van der Waals surface area contributed by atoms with E-state index in [1.807, 2.05) is 0 Å². The Bertz CT molecular complexity index is 802. The molecule has 1 N–H and O–H groups in total. The summed E-state index contributed by atoms with van der Waals surface area (Å²) in [7, 11) is 1.43. The van der Waals surface area contributed by atoms with Crippen molar-refractivity contribution < 1.29 is 23.8 Å². The summed E-state index contributed by atoms with van der Waals surface area (Å²) >= 11 is 1.26. The normalized spacial score (nSPS) is 13.5. The molecule has 0 saturated carbocycles. The van der Waals surface area contributed by atoms with E-state index < -0.39 is 11.8 Å². The summed E-state index contributed by atoms with van der Waals surface area (Å²) in [6.07, 6.45) is 0.800. The van der Waals surface area contributed by atoms with Gasteiger partial charge in [0.15, 0.2) is 11.6 Å².